The molecule has 7 heteroatoms. The molecule has 0 saturated heterocycles. The quantitative estimate of drug-likeness (QED) is 0.340. The molecule has 0 bridgehead atoms. The molecule has 100 valence electrons. The van der Waals surface area contributed by atoms with Crippen LogP contribution >= 0.6 is 0 Å². The smallest absolute Gasteiger partial charge is 0.326 e. The van der Waals surface area contributed by atoms with Crippen molar-refractivity contribution in [3.8, 4) is 0 Å². The first kappa shape index (κ1) is 15.7. The van der Waals surface area contributed by atoms with Gasteiger partial charge in [0.15, 0.2) is 0 Å². The van der Waals surface area contributed by atoms with Crippen LogP contribution in [0.5, 0.6) is 0 Å². The molecule has 0 unspecified atom stereocenters. The van der Waals surface area contributed by atoms with Crippen molar-refractivity contribution in [3.63, 3.8) is 0 Å². The number of urea groups is 1. The first-order valence-electron chi connectivity index (χ1n) is 5.70. The molecule has 0 aromatic heterocycles. The summed E-state index contributed by atoms with van der Waals surface area (Å²) < 4.78 is 0. The topological polar surface area (TPSA) is 111 Å². The van der Waals surface area contributed by atoms with Gasteiger partial charge in [0.2, 0.25) is 0 Å². The third kappa shape index (κ3) is 8.47. The van der Waals surface area contributed by atoms with E-state index in [0.29, 0.717) is 6.54 Å². The summed E-state index contributed by atoms with van der Waals surface area (Å²) in [6.07, 6.45) is 0.777. The molecule has 0 heterocycles. The Bertz CT molecular complexity index is 236. The molecule has 17 heavy (non-hydrogen) atoms. The fraction of sp³-hybridized carbons (Fsp3) is 0.800. The second-order valence-corrected chi connectivity index (χ2v) is 3.51. The van der Waals surface area contributed by atoms with E-state index >= 15 is 0 Å². The number of hydrogen-bond donors (Lipinski definition) is 5. The van der Waals surface area contributed by atoms with Crippen LogP contribution in [0, 0.1) is 0 Å². The molecule has 0 aliphatic rings. The van der Waals surface area contributed by atoms with Crippen molar-refractivity contribution < 1.29 is 19.8 Å². The van der Waals surface area contributed by atoms with Crippen molar-refractivity contribution in [1.82, 2.24) is 16.0 Å². The van der Waals surface area contributed by atoms with E-state index in [0.717, 1.165) is 19.5 Å². The predicted molar refractivity (Wildman–Crippen MR) is 62.8 cm³/mol. The number of nitrogens with one attached hydrogen (secondary N) is 3. The number of hydrogen-bond acceptors (Lipinski definition) is 4. The molecule has 1 atom stereocenters. The molecule has 0 aliphatic carbocycles. The van der Waals surface area contributed by atoms with Crippen LogP contribution in [0.15, 0.2) is 0 Å². The number of aliphatic hydroxyl groups excluding tert-OH is 1. The standard InChI is InChI=1S/C10H21N3O4/c1-2-11-5-3-6-12-10(17)13-8(4-7-14)9(15)16/h8,11,14H,2-7H2,1H3,(H,15,16)(H2,12,13,17)/t8-/m0/s1. The van der Waals surface area contributed by atoms with Gasteiger partial charge in [-0.2, -0.15) is 0 Å². The van der Waals surface area contributed by atoms with Crippen LogP contribution in [0.1, 0.15) is 19.8 Å². The highest BCUT2D eigenvalue weighted by Gasteiger charge is 2.18. The van der Waals surface area contributed by atoms with E-state index in [-0.39, 0.29) is 13.0 Å². The first-order valence-corrected chi connectivity index (χ1v) is 5.70. The summed E-state index contributed by atoms with van der Waals surface area (Å²) in [6, 6.07) is -1.57. The lowest BCUT2D eigenvalue weighted by molar-refractivity contribution is -0.139. The Hall–Kier alpha value is -1.34. The van der Waals surface area contributed by atoms with Gasteiger partial charge in [0.25, 0.3) is 0 Å². The summed E-state index contributed by atoms with van der Waals surface area (Å²) in [5.74, 6) is -1.15. The molecule has 0 fully saturated rings. The molecule has 2 amide bonds. The molecule has 0 aliphatic heterocycles. The summed E-state index contributed by atoms with van der Waals surface area (Å²) in [6.45, 7) is 3.87. The van der Waals surface area contributed by atoms with E-state index in [9.17, 15) is 9.59 Å². The molecule has 5 N–H and O–H groups in total. The zero-order chi connectivity index (χ0) is 13.1. The lowest BCUT2D eigenvalue weighted by Gasteiger charge is -2.13. The van der Waals surface area contributed by atoms with Crippen LogP contribution < -0.4 is 16.0 Å². The molecule has 0 saturated carbocycles. The van der Waals surface area contributed by atoms with E-state index in [1.165, 1.54) is 0 Å². The van der Waals surface area contributed by atoms with Gasteiger partial charge in [0, 0.05) is 19.6 Å². The number of carbonyl (C=O) groups is 2. The number of carboxylic acids is 1. The normalized spacial score (nSPS) is 11.9. The van der Waals surface area contributed by atoms with Gasteiger partial charge in [-0.05, 0) is 19.5 Å². The van der Waals surface area contributed by atoms with Crippen LogP contribution in [0.25, 0.3) is 0 Å². The fourth-order valence-electron chi connectivity index (χ4n) is 1.19. The van der Waals surface area contributed by atoms with Crippen LogP contribution in [0.2, 0.25) is 0 Å². The van der Waals surface area contributed by atoms with Crippen LogP contribution in [0.4, 0.5) is 4.79 Å². The lowest BCUT2D eigenvalue weighted by atomic mass is 10.2. The van der Waals surface area contributed by atoms with Crippen LogP contribution in [0.3, 0.4) is 0 Å². The largest absolute Gasteiger partial charge is 0.480 e. The van der Waals surface area contributed by atoms with Crippen LogP contribution in [-0.2, 0) is 4.79 Å². The molecular weight excluding hydrogens is 226 g/mol. The molecule has 0 rings (SSSR count). The van der Waals surface area contributed by atoms with Crippen molar-refractivity contribution >= 4 is 12.0 Å². The number of carbonyl (C=O) groups excluding carboxylic acids is 1. The number of aliphatic hydroxyl groups is 1. The molecule has 0 aromatic rings. The van der Waals surface area contributed by atoms with Gasteiger partial charge >= 0.3 is 12.0 Å². The Labute approximate surface area is 101 Å². The van der Waals surface area contributed by atoms with Crippen molar-refractivity contribution in [2.24, 2.45) is 0 Å². The van der Waals surface area contributed by atoms with Gasteiger partial charge in [-0.15, -0.1) is 0 Å². The molecule has 0 spiro atoms. The van der Waals surface area contributed by atoms with Crippen LogP contribution in [-0.4, -0.2) is 54.5 Å². The van der Waals surface area contributed by atoms with E-state index in [1.54, 1.807) is 0 Å². The molecular formula is C10H21N3O4. The van der Waals surface area contributed by atoms with Crippen molar-refractivity contribution in [2.45, 2.75) is 25.8 Å². The highest BCUT2D eigenvalue weighted by molar-refractivity contribution is 5.82. The Morgan fingerprint density at radius 2 is 2.00 bits per heavy atom. The average molecular weight is 247 g/mol. The Morgan fingerprint density at radius 3 is 2.53 bits per heavy atom. The minimum atomic E-state index is -1.15. The summed E-state index contributed by atoms with van der Waals surface area (Å²) >= 11 is 0. The Balaban J connectivity index is 3.71. The fourth-order valence-corrected chi connectivity index (χ4v) is 1.19. The zero-order valence-electron chi connectivity index (χ0n) is 10.0. The minimum absolute atomic E-state index is 0.000142. The van der Waals surface area contributed by atoms with Gasteiger partial charge in [-0.25, -0.2) is 9.59 Å². The number of amides is 2. The maximum atomic E-state index is 11.3. The van der Waals surface area contributed by atoms with Gasteiger partial charge in [-0.3, -0.25) is 0 Å². The van der Waals surface area contributed by atoms with Crippen molar-refractivity contribution in [3.05, 3.63) is 0 Å². The predicted octanol–water partition coefficient (Wildman–Crippen LogP) is -0.879. The van der Waals surface area contributed by atoms with Crippen molar-refractivity contribution in [2.75, 3.05) is 26.2 Å². The summed E-state index contributed by atoms with van der Waals surface area (Å²) in [5, 5.41) is 25.3. The maximum absolute atomic E-state index is 11.3. The first-order chi connectivity index (χ1) is 8.11. The van der Waals surface area contributed by atoms with Gasteiger partial charge in [0.05, 0.1) is 0 Å². The maximum Gasteiger partial charge on any atom is 0.326 e. The lowest BCUT2D eigenvalue weighted by Crippen LogP contribution is -2.46. The second kappa shape index (κ2) is 9.86. The van der Waals surface area contributed by atoms with E-state index in [4.69, 9.17) is 10.2 Å². The zero-order valence-corrected chi connectivity index (χ0v) is 10.0. The van der Waals surface area contributed by atoms with Gasteiger partial charge < -0.3 is 26.2 Å². The molecule has 7 nitrogen and oxygen atoms in total. The third-order valence-electron chi connectivity index (χ3n) is 2.09. The van der Waals surface area contributed by atoms with Crippen molar-refractivity contribution in [1.29, 1.82) is 0 Å². The summed E-state index contributed by atoms with van der Waals surface area (Å²) in [5.41, 5.74) is 0. The Morgan fingerprint density at radius 1 is 1.29 bits per heavy atom. The minimum Gasteiger partial charge on any atom is -0.480 e. The summed E-state index contributed by atoms with van der Waals surface area (Å²) in [4.78, 5) is 22.0. The number of carboxylic acid groups (broad SMARTS) is 1. The van der Waals surface area contributed by atoms with E-state index in [2.05, 4.69) is 16.0 Å². The highest BCUT2D eigenvalue weighted by Crippen LogP contribution is 1.90. The van der Waals surface area contributed by atoms with E-state index in [1.807, 2.05) is 6.92 Å². The second-order valence-electron chi connectivity index (χ2n) is 3.51. The van der Waals surface area contributed by atoms with Gasteiger partial charge in [0.1, 0.15) is 6.04 Å². The monoisotopic (exact) mass is 247 g/mol. The number of rotatable bonds is 9. The molecule has 0 aromatic carbocycles. The highest BCUT2D eigenvalue weighted by atomic mass is 16.4. The molecule has 0 radical (unpaired) electrons. The SMILES string of the molecule is CCNCCCNC(=O)N[C@@H](CCO)C(=O)O. The Kier molecular flexibility index (Phi) is 9.08. The summed E-state index contributed by atoms with van der Waals surface area (Å²) in [7, 11) is 0. The van der Waals surface area contributed by atoms with E-state index < -0.39 is 18.0 Å². The average Bonchev–Trinajstić information content (AvgIpc) is 2.28. The number of aliphatic carboxylic acids is 1. The van der Waals surface area contributed by atoms with Gasteiger partial charge in [-0.1, -0.05) is 6.92 Å². The third-order valence-corrected chi connectivity index (χ3v) is 2.09.